The molecule has 0 saturated heterocycles. The zero-order valence-electron chi connectivity index (χ0n) is 16.3. The number of aryl methyl sites for hydroxylation is 1. The number of nitrogens with zero attached hydrogens (tertiary/aromatic N) is 1. The maximum absolute atomic E-state index is 12.8. The van der Waals surface area contributed by atoms with Crippen molar-refractivity contribution in [1.82, 2.24) is 10.3 Å². The number of halogens is 1. The number of nitrogens with one attached hydrogen (secondary N) is 1. The van der Waals surface area contributed by atoms with E-state index in [1.165, 1.54) is 0 Å². The lowest BCUT2D eigenvalue weighted by atomic mass is 9.96. The number of aromatic nitrogens is 1. The van der Waals surface area contributed by atoms with Crippen LogP contribution in [0.5, 0.6) is 5.75 Å². The third kappa shape index (κ3) is 4.44. The van der Waals surface area contributed by atoms with E-state index in [1.54, 1.807) is 18.3 Å². The molecule has 3 aromatic carbocycles. The second-order valence-corrected chi connectivity index (χ2v) is 7.55. The van der Waals surface area contributed by atoms with E-state index in [0.29, 0.717) is 28.9 Å². The Morgan fingerprint density at radius 1 is 0.967 bits per heavy atom. The quantitative estimate of drug-likeness (QED) is 0.440. The lowest BCUT2D eigenvalue weighted by Gasteiger charge is -2.21. The number of hydrogen-bond acceptors (Lipinski definition) is 3. The Kier molecular flexibility index (Phi) is 5.96. The summed E-state index contributed by atoms with van der Waals surface area (Å²) in [5.74, 6) is -0.0317. The third-order valence-corrected chi connectivity index (χ3v) is 5.33. The molecule has 0 aliphatic carbocycles. The van der Waals surface area contributed by atoms with Crippen molar-refractivity contribution < 1.29 is 9.90 Å². The number of carbonyl (C=O) groups excluding carboxylic acids is 1. The van der Waals surface area contributed by atoms with Crippen LogP contribution in [0.2, 0.25) is 5.02 Å². The van der Waals surface area contributed by atoms with Crippen molar-refractivity contribution in [1.29, 1.82) is 0 Å². The van der Waals surface area contributed by atoms with Gasteiger partial charge in [0.2, 0.25) is 5.91 Å². The van der Waals surface area contributed by atoms with E-state index < -0.39 is 6.04 Å². The Morgan fingerprint density at radius 2 is 1.73 bits per heavy atom. The fourth-order valence-electron chi connectivity index (χ4n) is 3.51. The summed E-state index contributed by atoms with van der Waals surface area (Å²) in [7, 11) is 0. The van der Waals surface area contributed by atoms with Gasteiger partial charge in [0.25, 0.3) is 0 Å². The molecule has 30 heavy (non-hydrogen) atoms. The van der Waals surface area contributed by atoms with Crippen LogP contribution >= 0.6 is 11.6 Å². The molecule has 0 aliphatic heterocycles. The van der Waals surface area contributed by atoms with Crippen molar-refractivity contribution >= 4 is 28.4 Å². The van der Waals surface area contributed by atoms with Crippen molar-refractivity contribution in [3.8, 4) is 5.75 Å². The van der Waals surface area contributed by atoms with Crippen LogP contribution in [0.3, 0.4) is 0 Å². The number of fused-ring (bicyclic) bond motifs is 1. The molecule has 4 aromatic rings. The molecule has 4 rings (SSSR count). The first kappa shape index (κ1) is 19.9. The maximum atomic E-state index is 12.8. The van der Waals surface area contributed by atoms with Gasteiger partial charge >= 0.3 is 0 Å². The summed E-state index contributed by atoms with van der Waals surface area (Å²) < 4.78 is 0. The van der Waals surface area contributed by atoms with Crippen molar-refractivity contribution in [3.05, 3.63) is 107 Å². The van der Waals surface area contributed by atoms with Gasteiger partial charge in [-0.25, -0.2) is 0 Å². The Labute approximate surface area is 180 Å². The minimum atomic E-state index is -0.517. The zero-order valence-corrected chi connectivity index (χ0v) is 17.0. The molecular weight excluding hydrogens is 396 g/mol. The average molecular weight is 417 g/mol. The van der Waals surface area contributed by atoms with Gasteiger partial charge in [0, 0.05) is 28.6 Å². The molecule has 0 saturated carbocycles. The molecule has 2 N–H and O–H groups in total. The van der Waals surface area contributed by atoms with Crippen LogP contribution in [0.25, 0.3) is 10.9 Å². The molecule has 0 aliphatic rings. The minimum Gasteiger partial charge on any atom is -0.505 e. The van der Waals surface area contributed by atoms with Gasteiger partial charge in [0.1, 0.15) is 11.3 Å². The monoisotopic (exact) mass is 416 g/mol. The fraction of sp³-hybridized carbons (Fsp3) is 0.120. The molecule has 1 atom stereocenters. The van der Waals surface area contributed by atoms with Gasteiger partial charge in [0.05, 0.1) is 6.04 Å². The predicted molar refractivity (Wildman–Crippen MR) is 120 cm³/mol. The van der Waals surface area contributed by atoms with Crippen LogP contribution < -0.4 is 5.32 Å². The highest BCUT2D eigenvalue weighted by atomic mass is 35.5. The lowest BCUT2D eigenvalue weighted by molar-refractivity contribution is -0.121. The van der Waals surface area contributed by atoms with Gasteiger partial charge in [-0.15, -0.1) is 0 Å². The normalized spacial score (nSPS) is 11.9. The van der Waals surface area contributed by atoms with E-state index in [2.05, 4.69) is 10.3 Å². The van der Waals surface area contributed by atoms with E-state index in [0.717, 1.165) is 16.5 Å². The summed E-state index contributed by atoms with van der Waals surface area (Å²) in [5.41, 5.74) is 3.04. The second kappa shape index (κ2) is 8.97. The van der Waals surface area contributed by atoms with Gasteiger partial charge in [-0.3, -0.25) is 9.78 Å². The summed E-state index contributed by atoms with van der Waals surface area (Å²) in [6.07, 6.45) is 2.63. The summed E-state index contributed by atoms with van der Waals surface area (Å²) in [6, 6.07) is 24.1. The first-order valence-electron chi connectivity index (χ1n) is 9.77. The van der Waals surface area contributed by atoms with Crippen molar-refractivity contribution in [2.24, 2.45) is 0 Å². The summed E-state index contributed by atoms with van der Waals surface area (Å²) >= 11 is 6.05. The number of phenolic OH excluding ortho intramolecular Hbond substituents is 1. The van der Waals surface area contributed by atoms with E-state index in [9.17, 15) is 9.90 Å². The van der Waals surface area contributed by atoms with E-state index in [1.807, 2.05) is 66.7 Å². The topological polar surface area (TPSA) is 62.2 Å². The molecule has 1 heterocycles. The van der Waals surface area contributed by atoms with E-state index in [-0.39, 0.29) is 11.7 Å². The number of carbonyl (C=O) groups is 1. The summed E-state index contributed by atoms with van der Waals surface area (Å²) in [5, 5.41) is 15.4. The number of phenols is 1. The van der Waals surface area contributed by atoms with Crippen LogP contribution in [0.4, 0.5) is 0 Å². The van der Waals surface area contributed by atoms with Crippen LogP contribution in [0.1, 0.15) is 29.2 Å². The van der Waals surface area contributed by atoms with Crippen LogP contribution in [-0.2, 0) is 11.2 Å². The van der Waals surface area contributed by atoms with E-state index in [4.69, 9.17) is 11.6 Å². The van der Waals surface area contributed by atoms with Crippen molar-refractivity contribution in [2.75, 3.05) is 0 Å². The Bertz CT molecular complexity index is 1160. The maximum Gasteiger partial charge on any atom is 0.221 e. The highest BCUT2D eigenvalue weighted by Crippen LogP contribution is 2.34. The van der Waals surface area contributed by atoms with Crippen molar-refractivity contribution in [2.45, 2.75) is 18.9 Å². The lowest BCUT2D eigenvalue weighted by Crippen LogP contribution is -2.29. The Hall–Kier alpha value is -3.37. The number of pyridine rings is 1. The molecule has 5 heteroatoms. The number of amides is 1. The number of rotatable bonds is 6. The molecule has 0 spiro atoms. The molecule has 0 fully saturated rings. The van der Waals surface area contributed by atoms with Gasteiger partial charge in [-0.2, -0.15) is 0 Å². The highest BCUT2D eigenvalue weighted by molar-refractivity contribution is 6.30. The van der Waals surface area contributed by atoms with Gasteiger partial charge in [-0.05, 0) is 35.7 Å². The van der Waals surface area contributed by atoms with Gasteiger partial charge < -0.3 is 10.4 Å². The minimum absolute atomic E-state index is 0.0661. The SMILES string of the molecule is O=C(CCc1ccccc1)NC(c1ccc(Cl)cc1)c1ccc2cccnc2c1O. The standard InChI is InChI=1S/C25H21ClN2O2/c26-20-12-9-19(10-13-20)23(28-22(29)15-8-17-5-2-1-3-6-17)21-14-11-18-7-4-16-27-24(18)25(21)30/h1-7,9-14,16,23,30H,8,15H2,(H,28,29). The first-order chi connectivity index (χ1) is 14.6. The molecule has 1 aromatic heterocycles. The summed E-state index contributed by atoms with van der Waals surface area (Å²) in [6.45, 7) is 0. The molecule has 0 radical (unpaired) electrons. The molecular formula is C25H21ClN2O2. The highest BCUT2D eigenvalue weighted by Gasteiger charge is 2.21. The van der Waals surface area contributed by atoms with Crippen LogP contribution in [0, 0.1) is 0 Å². The smallest absolute Gasteiger partial charge is 0.221 e. The molecule has 4 nitrogen and oxygen atoms in total. The number of benzene rings is 3. The van der Waals surface area contributed by atoms with Crippen LogP contribution in [-0.4, -0.2) is 16.0 Å². The first-order valence-corrected chi connectivity index (χ1v) is 10.1. The van der Waals surface area contributed by atoms with Crippen LogP contribution in [0.15, 0.2) is 85.1 Å². The van der Waals surface area contributed by atoms with Gasteiger partial charge in [0.15, 0.2) is 0 Å². The second-order valence-electron chi connectivity index (χ2n) is 7.12. The van der Waals surface area contributed by atoms with Gasteiger partial charge in [-0.1, -0.05) is 72.3 Å². The predicted octanol–water partition coefficient (Wildman–Crippen LogP) is 5.43. The zero-order chi connectivity index (χ0) is 20.9. The number of aromatic hydroxyl groups is 1. The Morgan fingerprint density at radius 3 is 2.50 bits per heavy atom. The molecule has 150 valence electrons. The molecule has 1 amide bonds. The van der Waals surface area contributed by atoms with E-state index >= 15 is 0 Å². The Balaban J connectivity index is 1.64. The average Bonchev–Trinajstić information content (AvgIpc) is 2.78. The molecule has 1 unspecified atom stereocenters. The largest absolute Gasteiger partial charge is 0.505 e. The van der Waals surface area contributed by atoms with Crippen molar-refractivity contribution in [3.63, 3.8) is 0 Å². The number of hydrogen-bond donors (Lipinski definition) is 2. The molecule has 0 bridgehead atoms. The fourth-order valence-corrected chi connectivity index (χ4v) is 3.64. The summed E-state index contributed by atoms with van der Waals surface area (Å²) in [4.78, 5) is 17.1. The third-order valence-electron chi connectivity index (χ3n) is 5.08.